The molecule has 5 heteroatoms. The molecule has 0 aromatic carbocycles. The number of rotatable bonds is 1. The lowest BCUT2D eigenvalue weighted by Gasteiger charge is -1.82. The van der Waals surface area contributed by atoms with E-state index in [2.05, 4.69) is 20.8 Å². The molecule has 0 atom stereocenters. The molecule has 0 aliphatic rings. The van der Waals surface area contributed by atoms with Crippen molar-refractivity contribution >= 4 is 43.6 Å². The van der Waals surface area contributed by atoms with Crippen LogP contribution < -0.4 is 0 Å². The van der Waals surface area contributed by atoms with Crippen molar-refractivity contribution in [3.8, 4) is 6.07 Å². The van der Waals surface area contributed by atoms with Crippen molar-refractivity contribution in [1.82, 2.24) is 0 Å². The lowest BCUT2D eigenvalue weighted by atomic mass is 10.3. The molecule has 0 unspecified atom stereocenters. The minimum Gasteiger partial charge on any atom is -0.448 e. The van der Waals surface area contributed by atoms with E-state index >= 15 is 0 Å². The fourth-order valence-electron chi connectivity index (χ4n) is 1.12. The fraction of sp³-hybridized carbons (Fsp3) is 0. The van der Waals surface area contributed by atoms with Gasteiger partial charge in [-0.05, 0) is 28.1 Å². The third kappa shape index (κ3) is 1.94. The molecule has 0 aliphatic carbocycles. The van der Waals surface area contributed by atoms with Gasteiger partial charge < -0.3 is 4.42 Å². The van der Waals surface area contributed by atoms with Crippen molar-refractivity contribution in [1.29, 1.82) is 5.26 Å². The van der Waals surface area contributed by atoms with Crippen LogP contribution in [0.2, 0.25) is 0 Å². The van der Waals surface area contributed by atoms with E-state index in [-0.39, 0.29) is 5.70 Å². The van der Waals surface area contributed by atoms with Crippen molar-refractivity contribution in [2.45, 2.75) is 0 Å². The van der Waals surface area contributed by atoms with Gasteiger partial charge in [0, 0.05) is 10.9 Å². The summed E-state index contributed by atoms with van der Waals surface area (Å²) in [5.41, 5.74) is 0.846. The second kappa shape index (κ2) is 3.90. The standard InChI is InChI=1S/C10H3BrN2OS/c1-13-6(5-12)2-7-3-8-9(15-7)4-10(11)14-8/h2-4H/b6-2-. The number of nitriles is 1. The van der Waals surface area contributed by atoms with Crippen molar-refractivity contribution < 1.29 is 4.42 Å². The highest BCUT2D eigenvalue weighted by molar-refractivity contribution is 9.10. The summed E-state index contributed by atoms with van der Waals surface area (Å²) in [6.07, 6.45) is 1.56. The van der Waals surface area contributed by atoms with E-state index < -0.39 is 0 Å². The first kappa shape index (κ1) is 9.97. The molecule has 15 heavy (non-hydrogen) atoms. The molecule has 0 spiro atoms. The fourth-order valence-corrected chi connectivity index (χ4v) is 2.63. The molecule has 72 valence electrons. The number of thiophene rings is 1. The molecule has 0 aliphatic heterocycles. The molecule has 2 rings (SSSR count). The van der Waals surface area contributed by atoms with Crippen molar-refractivity contribution in [2.24, 2.45) is 0 Å². The van der Waals surface area contributed by atoms with E-state index in [4.69, 9.17) is 16.3 Å². The predicted molar refractivity (Wildman–Crippen MR) is 62.0 cm³/mol. The van der Waals surface area contributed by atoms with Crippen molar-refractivity contribution in [2.75, 3.05) is 0 Å². The monoisotopic (exact) mass is 278 g/mol. The summed E-state index contributed by atoms with van der Waals surface area (Å²) in [4.78, 5) is 3.94. The second-order valence-corrected chi connectivity index (χ2v) is 4.58. The molecule has 3 nitrogen and oxygen atoms in total. The Morgan fingerprint density at radius 1 is 1.67 bits per heavy atom. The maximum atomic E-state index is 8.60. The number of nitrogens with zero attached hydrogens (tertiary/aromatic N) is 2. The van der Waals surface area contributed by atoms with Gasteiger partial charge in [-0.1, -0.05) is 0 Å². The summed E-state index contributed by atoms with van der Waals surface area (Å²) in [5, 5.41) is 8.60. The van der Waals surface area contributed by atoms with Gasteiger partial charge in [-0.2, -0.15) is 0 Å². The molecule has 2 aromatic rings. The van der Waals surface area contributed by atoms with Crippen molar-refractivity contribution in [3.63, 3.8) is 0 Å². The smallest absolute Gasteiger partial charge is 0.263 e. The average Bonchev–Trinajstić information content (AvgIpc) is 2.70. The highest BCUT2D eigenvalue weighted by Gasteiger charge is 2.06. The Hall–Kier alpha value is -1.56. The van der Waals surface area contributed by atoms with Crippen LogP contribution in [0.5, 0.6) is 0 Å². The molecule has 0 bridgehead atoms. The van der Waals surface area contributed by atoms with Crippen LogP contribution in [0.25, 0.3) is 21.2 Å². The predicted octanol–water partition coefficient (Wildman–Crippen LogP) is 4.04. The topological polar surface area (TPSA) is 41.3 Å². The summed E-state index contributed by atoms with van der Waals surface area (Å²) in [7, 11) is 0. The Balaban J connectivity index is 2.48. The van der Waals surface area contributed by atoms with Gasteiger partial charge in [-0.25, -0.2) is 10.1 Å². The van der Waals surface area contributed by atoms with Gasteiger partial charge >= 0.3 is 0 Å². The van der Waals surface area contributed by atoms with Gasteiger partial charge in [0.25, 0.3) is 5.70 Å². The number of halogens is 1. The van der Waals surface area contributed by atoms with E-state index in [1.165, 1.54) is 11.3 Å². The van der Waals surface area contributed by atoms with Crippen molar-refractivity contribution in [3.05, 3.63) is 38.8 Å². The number of hydrogen-bond donors (Lipinski definition) is 0. The van der Waals surface area contributed by atoms with E-state index in [0.717, 1.165) is 15.2 Å². The highest BCUT2D eigenvalue weighted by Crippen LogP contribution is 2.32. The molecule has 2 aromatic heterocycles. The minimum absolute atomic E-state index is 0.0815. The van der Waals surface area contributed by atoms with Gasteiger partial charge in [-0.15, -0.1) is 11.3 Å². The molecule has 0 fully saturated rings. The quantitative estimate of drug-likeness (QED) is 0.584. The average molecular weight is 279 g/mol. The Bertz CT molecular complexity index is 576. The van der Waals surface area contributed by atoms with Crippen LogP contribution in [0.15, 0.2) is 26.9 Å². The van der Waals surface area contributed by atoms with Gasteiger partial charge in [0.1, 0.15) is 5.58 Å². The van der Waals surface area contributed by atoms with Gasteiger partial charge in [0.05, 0.1) is 17.3 Å². The molecular weight excluding hydrogens is 276 g/mol. The number of fused-ring (bicyclic) bond motifs is 1. The highest BCUT2D eigenvalue weighted by atomic mass is 79.9. The van der Waals surface area contributed by atoms with E-state index in [1.54, 1.807) is 6.08 Å². The maximum Gasteiger partial charge on any atom is 0.263 e. The first-order valence-corrected chi connectivity index (χ1v) is 5.52. The van der Waals surface area contributed by atoms with E-state index in [1.807, 2.05) is 18.2 Å². The zero-order chi connectivity index (χ0) is 10.8. The van der Waals surface area contributed by atoms with Crippen LogP contribution in [0.3, 0.4) is 0 Å². The van der Waals surface area contributed by atoms with Crippen LogP contribution >= 0.6 is 27.3 Å². The molecular formula is C10H3BrN2OS. The minimum atomic E-state index is 0.0815. The molecule has 0 radical (unpaired) electrons. The zero-order valence-corrected chi connectivity index (χ0v) is 9.72. The Morgan fingerprint density at radius 2 is 2.47 bits per heavy atom. The lowest BCUT2D eigenvalue weighted by Crippen LogP contribution is -1.65. The summed E-state index contributed by atoms with van der Waals surface area (Å²) in [6, 6.07) is 5.50. The number of furan rings is 1. The summed E-state index contributed by atoms with van der Waals surface area (Å²) < 4.78 is 7.02. The maximum absolute atomic E-state index is 8.60. The normalized spacial score (nSPS) is 11.3. The van der Waals surface area contributed by atoms with Gasteiger partial charge in [0.2, 0.25) is 0 Å². The number of allylic oxidation sites excluding steroid dienone is 1. The third-order valence-corrected chi connectivity index (χ3v) is 3.11. The first-order chi connectivity index (χ1) is 7.22. The van der Waals surface area contributed by atoms with E-state index in [9.17, 15) is 0 Å². The van der Waals surface area contributed by atoms with E-state index in [0.29, 0.717) is 4.67 Å². The lowest BCUT2D eigenvalue weighted by molar-refractivity contribution is 0.588. The SMILES string of the molecule is [C-]#[N+]/C(C#N)=C\c1cc2oc(Br)cc2s1. The largest absolute Gasteiger partial charge is 0.448 e. The van der Waals surface area contributed by atoms with Gasteiger partial charge in [-0.3, -0.25) is 0 Å². The molecule has 0 amide bonds. The number of hydrogen-bond acceptors (Lipinski definition) is 3. The molecule has 0 saturated heterocycles. The molecule has 0 N–H and O–H groups in total. The Kier molecular flexibility index (Phi) is 2.59. The zero-order valence-electron chi connectivity index (χ0n) is 7.32. The summed E-state index contributed by atoms with van der Waals surface area (Å²) >= 11 is 4.71. The second-order valence-electron chi connectivity index (χ2n) is 2.68. The van der Waals surface area contributed by atoms with Crippen LogP contribution in [0.1, 0.15) is 4.88 Å². The summed E-state index contributed by atoms with van der Waals surface area (Å²) in [5.74, 6) is 0. The molecule has 2 heterocycles. The van der Waals surface area contributed by atoms with Crippen LogP contribution in [-0.4, -0.2) is 0 Å². The van der Waals surface area contributed by atoms with Crippen LogP contribution in [0.4, 0.5) is 0 Å². The summed E-state index contributed by atoms with van der Waals surface area (Å²) in [6.45, 7) is 6.75. The van der Waals surface area contributed by atoms with Crippen LogP contribution in [-0.2, 0) is 0 Å². The Morgan fingerprint density at radius 3 is 3.07 bits per heavy atom. The molecule has 0 saturated carbocycles. The van der Waals surface area contributed by atoms with Crippen LogP contribution in [0, 0.1) is 17.9 Å². The van der Waals surface area contributed by atoms with Gasteiger partial charge in [0.15, 0.2) is 4.67 Å². The first-order valence-electron chi connectivity index (χ1n) is 3.91. The Labute approximate surface area is 98.2 Å². The third-order valence-electron chi connectivity index (χ3n) is 1.71.